The number of thiocarbonyl (C=S) groups is 1. The van der Waals surface area contributed by atoms with E-state index in [2.05, 4.69) is 13.8 Å². The van der Waals surface area contributed by atoms with Gasteiger partial charge in [0, 0.05) is 4.32 Å². The summed E-state index contributed by atoms with van der Waals surface area (Å²) in [4.78, 5) is 0. The van der Waals surface area contributed by atoms with Crippen LogP contribution in [0, 0.1) is 0 Å². The van der Waals surface area contributed by atoms with Crippen molar-refractivity contribution in [3.8, 4) is 0 Å². The smallest absolute Gasteiger partial charge is 0.0656 e. The van der Waals surface area contributed by atoms with Crippen molar-refractivity contribution in [3.05, 3.63) is 0 Å². The Morgan fingerprint density at radius 2 is 1.54 bits per heavy atom. The van der Waals surface area contributed by atoms with Crippen molar-refractivity contribution in [1.82, 2.24) is 0 Å². The van der Waals surface area contributed by atoms with E-state index in [1.165, 1.54) is 0 Å². The van der Waals surface area contributed by atoms with Gasteiger partial charge in [-0.15, -0.1) is 0 Å². The molecule has 0 aromatic rings. The number of quaternary nitrogens is 1. The first-order valence-corrected chi connectivity index (χ1v) is 6.04. The van der Waals surface area contributed by atoms with Crippen molar-refractivity contribution < 1.29 is 3.89 Å². The van der Waals surface area contributed by atoms with Crippen LogP contribution in [-0.4, -0.2) is 21.3 Å². The quantitative estimate of drug-likeness (QED) is 0.395. The molecule has 13 heavy (non-hydrogen) atoms. The lowest BCUT2D eigenvalue weighted by Crippen LogP contribution is -2.47. The molecule has 1 nitrogen and oxygen atoms in total. The molecule has 0 aromatic carbocycles. The molecule has 0 aromatic heterocycles. The Hall–Kier alpha value is 0.620. The second-order valence-corrected chi connectivity index (χ2v) is 5.04. The third kappa shape index (κ3) is 5.15. The molecule has 0 saturated carbocycles. The van der Waals surface area contributed by atoms with Gasteiger partial charge in [0.1, 0.15) is 0 Å². The molecule has 0 rings (SSSR count). The highest BCUT2D eigenvalue weighted by Crippen LogP contribution is 2.11. The summed E-state index contributed by atoms with van der Waals surface area (Å²) in [6.07, 6.45) is 4.54. The molecular weight excluding hydrogens is 218 g/mol. The molecular formula is C9H18NS3-. The van der Waals surface area contributed by atoms with E-state index in [1.807, 2.05) is 0 Å². The minimum Gasteiger partial charge on any atom is -0.489 e. The largest absolute Gasteiger partial charge is 0.489 e. The zero-order chi connectivity index (χ0) is 10.3. The molecule has 0 aliphatic carbocycles. The van der Waals surface area contributed by atoms with Crippen LogP contribution in [-0.2, 0) is 25.4 Å². The summed E-state index contributed by atoms with van der Waals surface area (Å²) in [7, 11) is 0. The van der Waals surface area contributed by atoms with Gasteiger partial charge in [-0.25, -0.2) is 0 Å². The molecule has 0 amide bonds. The van der Waals surface area contributed by atoms with Crippen LogP contribution in [0.1, 0.15) is 39.5 Å². The van der Waals surface area contributed by atoms with E-state index in [0.29, 0.717) is 8.21 Å². The van der Waals surface area contributed by atoms with Crippen molar-refractivity contribution in [2.24, 2.45) is 0 Å². The lowest BCUT2D eigenvalue weighted by molar-refractivity contribution is -0.691. The molecule has 0 saturated heterocycles. The number of hydrogen-bond acceptors (Lipinski definition) is 3. The monoisotopic (exact) mass is 236 g/mol. The van der Waals surface area contributed by atoms with Crippen molar-refractivity contribution in [1.29, 1.82) is 0 Å². The molecule has 0 aliphatic rings. The molecule has 0 aliphatic heterocycles. The maximum absolute atomic E-state index is 5.45. The van der Waals surface area contributed by atoms with E-state index in [1.54, 1.807) is 0 Å². The fraction of sp³-hybridized carbons (Fsp3) is 0.889. The van der Waals surface area contributed by atoms with Crippen LogP contribution in [0.5, 0.6) is 0 Å². The number of hydrogen-bond donors (Lipinski definition) is 0. The molecule has 0 N–H and O–H groups in total. The highest BCUT2D eigenvalue weighted by molar-refractivity contribution is 8.00. The fourth-order valence-corrected chi connectivity index (χ4v) is 1.74. The lowest BCUT2D eigenvalue weighted by Gasteiger charge is -2.47. The highest BCUT2D eigenvalue weighted by Gasteiger charge is 2.11. The van der Waals surface area contributed by atoms with Gasteiger partial charge >= 0.3 is 0 Å². The Morgan fingerprint density at radius 1 is 1.15 bits per heavy atom. The number of rotatable bonds is 6. The zero-order valence-corrected chi connectivity index (χ0v) is 10.9. The van der Waals surface area contributed by atoms with Crippen LogP contribution in [0.25, 0.3) is 0 Å². The van der Waals surface area contributed by atoms with Gasteiger partial charge in [0.2, 0.25) is 0 Å². The Labute approximate surface area is 98.4 Å². The van der Waals surface area contributed by atoms with Gasteiger partial charge < -0.3 is 41.5 Å². The van der Waals surface area contributed by atoms with Crippen molar-refractivity contribution >= 4 is 42.0 Å². The van der Waals surface area contributed by atoms with Crippen LogP contribution in [0.4, 0.5) is 0 Å². The van der Waals surface area contributed by atoms with Crippen molar-refractivity contribution in [2.45, 2.75) is 39.5 Å². The molecule has 0 bridgehead atoms. The third-order valence-electron chi connectivity index (χ3n) is 2.08. The van der Waals surface area contributed by atoms with Gasteiger partial charge in [0.25, 0.3) is 0 Å². The SMILES string of the molecule is CCCC[N+]([S-])(CCCC)C(=S)[S-]. The average Bonchev–Trinajstić information content (AvgIpc) is 2.11. The second-order valence-electron chi connectivity index (χ2n) is 3.31. The molecule has 0 spiro atoms. The first kappa shape index (κ1) is 13.6. The van der Waals surface area contributed by atoms with Crippen LogP contribution >= 0.6 is 12.2 Å². The molecule has 0 heterocycles. The maximum Gasteiger partial charge on any atom is 0.0656 e. The third-order valence-corrected chi connectivity index (χ3v) is 3.56. The summed E-state index contributed by atoms with van der Waals surface area (Å²) in [5.41, 5.74) is 0. The Balaban J connectivity index is 4.08. The van der Waals surface area contributed by atoms with Crippen LogP contribution < -0.4 is 0 Å². The molecule has 78 valence electrons. The predicted octanol–water partition coefficient (Wildman–Crippen LogP) is 2.70. The minimum atomic E-state index is 0.395. The average molecular weight is 236 g/mol. The topological polar surface area (TPSA) is 0 Å². The van der Waals surface area contributed by atoms with Crippen LogP contribution in [0.15, 0.2) is 0 Å². The molecule has 4 heteroatoms. The van der Waals surface area contributed by atoms with E-state index in [4.69, 9.17) is 37.7 Å². The van der Waals surface area contributed by atoms with Gasteiger partial charge in [-0.1, -0.05) is 26.7 Å². The van der Waals surface area contributed by atoms with Gasteiger partial charge in [0.15, 0.2) is 0 Å². The summed E-state index contributed by atoms with van der Waals surface area (Å²) < 4.78 is 0.934. The molecule has 0 unspecified atom stereocenters. The Bertz CT molecular complexity index is 151. The normalized spacial score (nSPS) is 11.6. The Kier molecular flexibility index (Phi) is 7.32. The van der Waals surface area contributed by atoms with Crippen LogP contribution in [0.2, 0.25) is 0 Å². The summed E-state index contributed by atoms with van der Waals surface area (Å²) in [6, 6.07) is 0. The summed E-state index contributed by atoms with van der Waals surface area (Å²) in [5.74, 6) is 0. The van der Waals surface area contributed by atoms with Gasteiger partial charge in [-0.3, -0.25) is 0 Å². The lowest BCUT2D eigenvalue weighted by atomic mass is 10.3. The number of unbranched alkanes of at least 4 members (excludes halogenated alkanes) is 2. The number of nitrogens with zero attached hydrogens (tertiary/aromatic N) is 1. The van der Waals surface area contributed by atoms with Gasteiger partial charge in [-0.2, -0.15) is 0 Å². The van der Waals surface area contributed by atoms with E-state index in [9.17, 15) is 0 Å². The minimum absolute atomic E-state index is 0.395. The molecule has 0 radical (unpaired) electrons. The predicted molar refractivity (Wildman–Crippen MR) is 67.1 cm³/mol. The fourth-order valence-electron chi connectivity index (χ4n) is 1.12. The summed E-state index contributed by atoms with van der Waals surface area (Å²) in [6.45, 7) is 6.17. The summed E-state index contributed by atoms with van der Waals surface area (Å²) in [5, 5.41) is 0. The zero-order valence-electron chi connectivity index (χ0n) is 8.41. The van der Waals surface area contributed by atoms with E-state index in [-0.39, 0.29) is 0 Å². The van der Waals surface area contributed by atoms with Crippen molar-refractivity contribution in [2.75, 3.05) is 13.1 Å². The summed E-state index contributed by atoms with van der Waals surface area (Å²) >= 11 is 15.5. The Morgan fingerprint density at radius 3 is 1.77 bits per heavy atom. The first-order chi connectivity index (χ1) is 6.06. The van der Waals surface area contributed by atoms with E-state index < -0.39 is 0 Å². The molecule has 0 atom stereocenters. The van der Waals surface area contributed by atoms with E-state index >= 15 is 0 Å². The second kappa shape index (κ2) is 6.98. The highest BCUT2D eigenvalue weighted by atomic mass is 32.1. The van der Waals surface area contributed by atoms with Gasteiger partial charge in [0.05, 0.1) is 13.1 Å². The van der Waals surface area contributed by atoms with Gasteiger partial charge in [-0.05, 0) is 12.8 Å². The van der Waals surface area contributed by atoms with Crippen molar-refractivity contribution in [3.63, 3.8) is 0 Å². The maximum atomic E-state index is 5.45. The first-order valence-electron chi connectivity index (χ1n) is 4.86. The standard InChI is InChI=1S/C9H19NS3/c1-3-5-7-10(13,9(11)12)8-6-4-2/h3-8H2,1-2H3,(H,11,12)/p-1. The molecule has 0 fully saturated rings. The van der Waals surface area contributed by atoms with Crippen LogP contribution in [0.3, 0.4) is 0 Å². The van der Waals surface area contributed by atoms with E-state index in [0.717, 1.165) is 38.8 Å².